The largest absolute Gasteiger partial charge is 0.391 e. The topological polar surface area (TPSA) is 263 Å². The van der Waals surface area contributed by atoms with E-state index in [1.807, 2.05) is 6.07 Å². The molecule has 0 aliphatic carbocycles. The van der Waals surface area contributed by atoms with Crippen molar-refractivity contribution in [1.82, 2.24) is 21.3 Å². The third kappa shape index (κ3) is 12.3. The smallest absolute Gasteiger partial charge is 0.243 e. The van der Waals surface area contributed by atoms with Crippen molar-refractivity contribution in [2.24, 2.45) is 17.6 Å². The Labute approximate surface area is 438 Å². The van der Waals surface area contributed by atoms with Crippen molar-refractivity contribution in [1.29, 1.82) is 0 Å². The minimum Gasteiger partial charge on any atom is -0.391 e. The maximum atomic E-state index is 14.4. The lowest BCUT2D eigenvalue weighted by molar-refractivity contribution is -0.292. The Kier molecular flexibility index (Phi) is 16.9. The van der Waals surface area contributed by atoms with E-state index in [1.54, 1.807) is 31.4 Å². The van der Waals surface area contributed by atoms with Crippen molar-refractivity contribution in [3.8, 4) is 0 Å². The Morgan fingerprint density at radius 1 is 0.760 bits per heavy atom. The van der Waals surface area contributed by atoms with Crippen molar-refractivity contribution in [2.75, 3.05) is 33.3 Å². The predicted octanol–water partition coefficient (Wildman–Crippen LogP) is 1.51. The van der Waals surface area contributed by atoms with Crippen LogP contribution in [0.1, 0.15) is 96.0 Å². The van der Waals surface area contributed by atoms with Gasteiger partial charge in [0.15, 0.2) is 5.79 Å². The summed E-state index contributed by atoms with van der Waals surface area (Å²) in [6.07, 6.45) is 1.74. The zero-order valence-corrected chi connectivity index (χ0v) is 43.2. The van der Waals surface area contributed by atoms with Gasteiger partial charge >= 0.3 is 0 Å². The lowest BCUT2D eigenvalue weighted by Crippen LogP contribution is -2.61. The number of aliphatic hydroxyl groups is 1. The Balaban J connectivity index is 0.802. The second-order valence-corrected chi connectivity index (χ2v) is 22.5. The van der Waals surface area contributed by atoms with Crippen LogP contribution in [0.4, 0.5) is 0 Å². The number of methoxy groups -OCH3 is 1. The van der Waals surface area contributed by atoms with Gasteiger partial charge in [0.1, 0.15) is 42.3 Å². The molecule has 12 bridgehead atoms. The predicted molar refractivity (Wildman–Crippen MR) is 267 cm³/mol. The number of ketones is 1. The fourth-order valence-electron chi connectivity index (χ4n) is 13.4. The average Bonchev–Trinajstić information content (AvgIpc) is 4.13. The number of hydrogen-bond donors (Lipinski definition) is 6. The lowest BCUT2D eigenvalue weighted by atomic mass is 9.81. The Bertz CT molecular complexity index is 2270. The number of nitrogens with one attached hydrogen (secondary N) is 4. The molecule has 10 aliphatic heterocycles. The highest BCUT2D eigenvalue weighted by atomic mass is 16.8. The summed E-state index contributed by atoms with van der Waals surface area (Å²) in [7, 11) is 1.58. The summed E-state index contributed by atoms with van der Waals surface area (Å²) in [6, 6.07) is 7.97. The van der Waals surface area contributed by atoms with Crippen molar-refractivity contribution in [3.05, 3.63) is 60.2 Å². The molecule has 2 unspecified atom stereocenters. The van der Waals surface area contributed by atoms with Crippen LogP contribution < -0.4 is 27.0 Å². The highest BCUT2D eigenvalue weighted by Gasteiger charge is 2.69. The number of benzene rings is 1. The molecule has 0 aromatic heterocycles. The molecule has 10 fully saturated rings. The van der Waals surface area contributed by atoms with E-state index < -0.39 is 84.5 Å². The van der Waals surface area contributed by atoms with Gasteiger partial charge in [0.05, 0.1) is 86.8 Å². The van der Waals surface area contributed by atoms with Crippen LogP contribution in [-0.4, -0.2) is 177 Å². The highest BCUT2D eigenvalue weighted by molar-refractivity contribution is 5.92. The first-order chi connectivity index (χ1) is 36.1. The van der Waals surface area contributed by atoms with E-state index in [-0.39, 0.29) is 118 Å². The van der Waals surface area contributed by atoms with E-state index in [9.17, 15) is 29.1 Å². The molecule has 11 rings (SSSR count). The van der Waals surface area contributed by atoms with Gasteiger partial charge in [-0.25, -0.2) is 0 Å². The van der Waals surface area contributed by atoms with Gasteiger partial charge in [0.25, 0.3) is 0 Å². The van der Waals surface area contributed by atoms with Gasteiger partial charge in [-0.2, -0.15) is 0 Å². The molecular formula is C55H77N5O15. The van der Waals surface area contributed by atoms with Crippen LogP contribution in [0.15, 0.2) is 54.6 Å². The third-order valence-electron chi connectivity index (χ3n) is 17.2. The Morgan fingerprint density at radius 3 is 2.29 bits per heavy atom. The number of carbonyl (C=O) groups is 5. The molecule has 1 spiro atoms. The first kappa shape index (κ1) is 54.2. The summed E-state index contributed by atoms with van der Waals surface area (Å²) >= 11 is 0. The number of nitrogens with two attached hydrogens (primary N) is 1. The van der Waals surface area contributed by atoms with Crippen molar-refractivity contribution < 1.29 is 71.7 Å². The number of rotatable bonds is 14. The van der Waals surface area contributed by atoms with E-state index in [1.165, 1.54) is 0 Å². The molecule has 10 aliphatic rings. The molecule has 1 aromatic carbocycles. The second-order valence-electron chi connectivity index (χ2n) is 22.5. The number of amides is 4. The zero-order valence-electron chi connectivity index (χ0n) is 43.2. The fraction of sp³-hybridized carbons (Fsp3) is 0.727. The monoisotopic (exact) mass is 1050 g/mol. The van der Waals surface area contributed by atoms with Crippen molar-refractivity contribution >= 4 is 29.4 Å². The minimum atomic E-state index is -1.09. The van der Waals surface area contributed by atoms with Gasteiger partial charge < -0.3 is 74.7 Å². The number of hydrogen-bond acceptors (Lipinski definition) is 16. The Hall–Kier alpha value is -4.19. The molecule has 0 saturated carbocycles. The van der Waals surface area contributed by atoms with E-state index in [4.69, 9.17) is 48.4 Å². The molecule has 20 nitrogen and oxygen atoms in total. The molecule has 4 amide bonds. The lowest BCUT2D eigenvalue weighted by Gasteiger charge is -2.47. The van der Waals surface area contributed by atoms with Gasteiger partial charge in [-0.1, -0.05) is 50.4 Å². The normalized spacial score (nSPS) is 39.9. The first-order valence-corrected chi connectivity index (χ1v) is 27.4. The maximum absolute atomic E-state index is 14.4. The SMILES string of the molecule is C=C1C[C@@H]2CC[C@@]34C[C@H]5OC6C(O[C@H]7CC[C@H](CC(=O)C[C@@H]8[C@@H](OC)[C@@H](C[C@H](O)CNC(=O)CNC(=O)[C@H](Cc9ccccc9)NC(=O)CNC(=O)CN)O[C@H]8C[C@H]8O[C@@H](CC[C@@H]1O2)C[C@@H](C)C8=C)O[C@@H]7[C@@H]6O3)[C@H]5O4. The molecule has 0 radical (unpaired) electrons. The first-order valence-electron chi connectivity index (χ1n) is 27.4. The maximum Gasteiger partial charge on any atom is 0.243 e. The van der Waals surface area contributed by atoms with Crippen LogP contribution in [0.5, 0.6) is 0 Å². The van der Waals surface area contributed by atoms with E-state index in [0.29, 0.717) is 32.1 Å². The van der Waals surface area contributed by atoms with Crippen LogP contribution in [-0.2, 0) is 73.0 Å². The van der Waals surface area contributed by atoms with Crippen LogP contribution in [0, 0.1) is 11.8 Å². The van der Waals surface area contributed by atoms with Gasteiger partial charge in [-0.05, 0) is 67.6 Å². The molecule has 75 heavy (non-hydrogen) atoms. The van der Waals surface area contributed by atoms with Gasteiger partial charge in [0.2, 0.25) is 23.6 Å². The molecule has 412 valence electrons. The number of fused-ring (bicyclic) bond motifs is 6. The van der Waals surface area contributed by atoms with E-state index >= 15 is 0 Å². The zero-order chi connectivity index (χ0) is 52.5. The third-order valence-corrected chi connectivity index (χ3v) is 17.2. The molecule has 20 atom stereocenters. The molecule has 10 saturated heterocycles. The summed E-state index contributed by atoms with van der Waals surface area (Å²) in [5.41, 5.74) is 8.15. The van der Waals surface area contributed by atoms with E-state index in [2.05, 4.69) is 41.3 Å². The number of Topliss-reactive ketones (excluding diaryl/α,β-unsaturated/α-hetero) is 1. The van der Waals surface area contributed by atoms with Crippen molar-refractivity contribution in [2.45, 2.75) is 206 Å². The van der Waals surface area contributed by atoms with Crippen LogP contribution in [0.2, 0.25) is 0 Å². The standard InChI is InChI=1S/C55H77N5O15/c1-28-16-34-10-12-39-29(2)17-36(68-39)14-15-55-23-44-50(74-55)51-52(73-44)53(75-55)49-40(72-51)13-11-35(70-49)19-32(61)20-37-42(22-41(69-34)30(28)3)71-43(48(37)67-4)21-33(62)25-57-46(64)26-59-54(66)38(18-31-8-6-5-7-9-31)60-47(65)27-58-45(63)24-56/h5-9,28,33-44,48-53,62H,2-3,10-27,56H2,1,4H3,(H,57,64)(H,58,63)(H,59,66)(H,60,65)/t28-,33+,34+,35-,36+,37+,38+,39+,40+,41-,42+,43-,44-,48-,49+,50+,51?,52?,53+,55+/m1/s1. The molecule has 1 aromatic rings. The summed E-state index contributed by atoms with van der Waals surface area (Å²) < 4.78 is 60.6. The molecule has 10 heterocycles. The molecular weight excluding hydrogens is 971 g/mol. The van der Waals surface area contributed by atoms with E-state index in [0.717, 1.165) is 48.8 Å². The van der Waals surface area contributed by atoms with Crippen LogP contribution >= 0.6 is 0 Å². The summed E-state index contributed by atoms with van der Waals surface area (Å²) in [6.45, 7) is 9.84. The van der Waals surface area contributed by atoms with Gasteiger partial charge in [0, 0.05) is 64.5 Å². The van der Waals surface area contributed by atoms with Crippen molar-refractivity contribution in [3.63, 3.8) is 0 Å². The second kappa shape index (κ2) is 23.4. The number of aliphatic hydroxyl groups excluding tert-OH is 1. The number of carbonyl (C=O) groups excluding carboxylic acids is 5. The number of ether oxygens (including phenoxy) is 9. The van der Waals surface area contributed by atoms with Crippen LogP contribution in [0.3, 0.4) is 0 Å². The summed E-state index contributed by atoms with van der Waals surface area (Å²) in [5.74, 6) is -3.40. The average molecular weight is 1050 g/mol. The summed E-state index contributed by atoms with van der Waals surface area (Å²) in [5, 5.41) is 21.7. The summed E-state index contributed by atoms with van der Waals surface area (Å²) in [4.78, 5) is 65.2. The molecule has 20 heteroatoms. The fourth-order valence-corrected chi connectivity index (χ4v) is 13.4. The van der Waals surface area contributed by atoms with Gasteiger partial charge in [-0.15, -0.1) is 0 Å². The minimum absolute atomic E-state index is 0.00153. The quantitative estimate of drug-likeness (QED) is 0.144. The molecule has 7 N–H and O–H groups in total. The Morgan fingerprint density at radius 2 is 1.49 bits per heavy atom. The highest BCUT2D eigenvalue weighted by Crippen LogP contribution is 2.54. The van der Waals surface area contributed by atoms with Gasteiger partial charge in [-0.3, -0.25) is 24.0 Å². The van der Waals surface area contributed by atoms with Crippen LogP contribution in [0.25, 0.3) is 0 Å².